The van der Waals surface area contributed by atoms with Crippen LogP contribution in [0, 0.1) is 0 Å². The van der Waals surface area contributed by atoms with E-state index in [-0.39, 0.29) is 56.8 Å². The first kappa shape index (κ1) is 119. The lowest BCUT2D eigenvalue weighted by Crippen LogP contribution is -0.382. The lowest BCUT2D eigenvalue weighted by atomic mass is 16.0. The smallest absolute Gasteiger partial charge is 0.316 e. The fourth-order valence-corrected chi connectivity index (χ4v) is 0. The summed E-state index contributed by atoms with van der Waals surface area (Å²) in [5.41, 5.74) is 0. The summed E-state index contributed by atoms with van der Waals surface area (Å²) in [4.78, 5) is 0. The Balaban J connectivity index is 0. The van der Waals surface area contributed by atoms with Crippen LogP contribution >= 0.6 is 0 Å². The minimum atomic E-state index is 0. The van der Waals surface area contributed by atoms with Crippen molar-refractivity contribution in [3.05, 3.63) is 0 Å². The molecule has 0 spiro atoms. The molecule has 5 heteroatoms. The van der Waals surface area contributed by atoms with Crippen molar-refractivity contribution in [2.24, 2.45) is 0 Å². The highest BCUT2D eigenvalue weighted by atomic mass is 27.0. The van der Waals surface area contributed by atoms with Gasteiger partial charge in [-0.2, -0.15) is 0 Å². The van der Waals surface area contributed by atoms with Crippen LogP contribution in [0.5, 0.6) is 0 Å². The molecule has 0 saturated heterocycles. The largest absolute Gasteiger partial charge is 0.412 e. The fourth-order valence-electron chi connectivity index (χ4n) is 0. The van der Waals surface area contributed by atoms with Gasteiger partial charge >= 0.3 is 23.1 Å². The average Bonchev–Trinajstić information content (AvgIpc) is 0. The van der Waals surface area contributed by atoms with Gasteiger partial charge in [-0.05, 0) is 0 Å². The van der Waals surface area contributed by atoms with Gasteiger partial charge in [-0.1, -0.05) is 0 Å². The summed E-state index contributed by atoms with van der Waals surface area (Å²) in [7, 11) is 0. The quantitative estimate of drug-likeness (QED) is 0.281. The van der Waals surface area contributed by atoms with Crippen molar-refractivity contribution in [2.45, 2.75) is 0 Å². The van der Waals surface area contributed by atoms with Gasteiger partial charge in [0.25, 0.3) is 0 Å². The van der Waals surface area contributed by atoms with Crippen LogP contribution in [0.15, 0.2) is 0 Å². The Morgan fingerprint density at radius 1 is 0.600 bits per heavy atom. The second-order valence-corrected chi connectivity index (χ2v) is 0. The van der Waals surface area contributed by atoms with Crippen molar-refractivity contribution >= 4 is 40.4 Å². The minimum absolute atomic E-state index is 0. The van der Waals surface area contributed by atoms with Gasteiger partial charge < -0.3 is 16.4 Å². The Kier molecular flexibility index (Phi) is 1550. The lowest BCUT2D eigenvalue weighted by molar-refractivity contribution is 0.823. The molecule has 3 nitrogen and oxygen atoms in total. The average molecular weight is 110 g/mol. The van der Waals surface area contributed by atoms with E-state index in [1.54, 1.807) is 0 Å². The maximum absolute atomic E-state index is 0. The molecule has 0 aliphatic heterocycles. The van der Waals surface area contributed by atoms with Gasteiger partial charge in [0.15, 0.2) is 17.4 Å². The summed E-state index contributed by atoms with van der Waals surface area (Å²) in [6.07, 6.45) is 0. The Morgan fingerprint density at radius 2 is 0.600 bits per heavy atom. The SMILES string of the molecule is O.O.O.[AlH3].[MgH2]. The van der Waals surface area contributed by atoms with Gasteiger partial charge in [0, 0.05) is 0 Å². The maximum Gasteiger partial charge on any atom is 0.316 e. The van der Waals surface area contributed by atoms with Crippen LogP contribution in [-0.2, 0) is 0 Å². The van der Waals surface area contributed by atoms with Crippen LogP contribution in [0.3, 0.4) is 0 Å². The molecular formula is H11AlMgO3. The van der Waals surface area contributed by atoms with E-state index in [0.717, 1.165) is 0 Å². The second-order valence-electron chi connectivity index (χ2n) is 0. The summed E-state index contributed by atoms with van der Waals surface area (Å²) >= 11 is 0. The fraction of sp³-hybridized carbons (Fsp3) is 0. The van der Waals surface area contributed by atoms with Gasteiger partial charge in [0.1, 0.15) is 0 Å². The summed E-state index contributed by atoms with van der Waals surface area (Å²) in [6, 6.07) is 0. The van der Waals surface area contributed by atoms with Crippen molar-refractivity contribution in [3.8, 4) is 0 Å². The first-order chi connectivity index (χ1) is 0. The maximum atomic E-state index is 0. The normalized spacial score (nSPS) is 0. The van der Waals surface area contributed by atoms with Gasteiger partial charge in [-0.25, -0.2) is 0 Å². The Hall–Kier alpha value is 1.18. The second kappa shape index (κ2) is 65.1. The van der Waals surface area contributed by atoms with Crippen molar-refractivity contribution < 1.29 is 16.4 Å². The number of hydrogen-bond acceptors (Lipinski definition) is 0. The molecule has 0 atom stereocenters. The monoisotopic (exact) mass is 110 g/mol. The van der Waals surface area contributed by atoms with E-state index in [1.807, 2.05) is 0 Å². The number of hydrogen-bond donors (Lipinski definition) is 0. The molecule has 0 aromatic carbocycles. The third kappa shape index (κ3) is 37.7. The molecule has 0 amide bonds. The van der Waals surface area contributed by atoms with Crippen molar-refractivity contribution in [1.29, 1.82) is 0 Å². The van der Waals surface area contributed by atoms with E-state index in [9.17, 15) is 0 Å². The summed E-state index contributed by atoms with van der Waals surface area (Å²) in [5, 5.41) is 0. The van der Waals surface area contributed by atoms with E-state index in [1.165, 1.54) is 0 Å². The standard InChI is InChI=1S/Al.Mg.3H2O.5H/h;;3*1H2;;;;;. The molecule has 0 saturated carbocycles. The predicted molar refractivity (Wildman–Crippen MR) is 29.3 cm³/mol. The van der Waals surface area contributed by atoms with Crippen LogP contribution in [0.2, 0.25) is 0 Å². The van der Waals surface area contributed by atoms with Gasteiger partial charge in [-0.3, -0.25) is 0 Å². The van der Waals surface area contributed by atoms with E-state index >= 15 is 0 Å². The predicted octanol–water partition coefficient (Wildman–Crippen LogP) is -4.57. The van der Waals surface area contributed by atoms with Crippen LogP contribution in [0.25, 0.3) is 0 Å². The Morgan fingerprint density at radius 3 is 0.600 bits per heavy atom. The van der Waals surface area contributed by atoms with Crippen molar-refractivity contribution in [1.82, 2.24) is 0 Å². The molecule has 0 fully saturated rings. The zero-order valence-electron chi connectivity index (χ0n) is 1.50. The highest BCUT2D eigenvalue weighted by Gasteiger charge is 0.316. The molecule has 0 aliphatic rings. The molecule has 0 rings (SSSR count). The Labute approximate surface area is 57.0 Å². The summed E-state index contributed by atoms with van der Waals surface area (Å²) in [5.74, 6) is 0. The van der Waals surface area contributed by atoms with Gasteiger partial charge in [0.2, 0.25) is 0 Å². The van der Waals surface area contributed by atoms with E-state index in [2.05, 4.69) is 0 Å². The molecule has 0 heterocycles. The molecule has 0 radical (unpaired) electrons. The van der Waals surface area contributed by atoms with Crippen molar-refractivity contribution in [2.75, 3.05) is 0 Å². The van der Waals surface area contributed by atoms with Gasteiger partial charge in [-0.15, -0.1) is 0 Å². The topological polar surface area (TPSA) is 94.5 Å². The number of rotatable bonds is 0. The lowest BCUT2D eigenvalue weighted by Gasteiger charge is -0.413. The molecule has 0 unspecified atom stereocenters. The molecule has 34 valence electrons. The summed E-state index contributed by atoms with van der Waals surface area (Å²) < 4.78 is 0. The van der Waals surface area contributed by atoms with Crippen LogP contribution in [-0.4, -0.2) is 56.8 Å². The first-order valence-corrected chi connectivity index (χ1v) is 0. The zero-order valence-corrected chi connectivity index (χ0v) is 1.50. The highest BCUT2D eigenvalue weighted by molar-refractivity contribution is 5.76. The third-order valence-electron chi connectivity index (χ3n) is 0. The van der Waals surface area contributed by atoms with Gasteiger partial charge in [0.05, 0.1) is 0 Å². The van der Waals surface area contributed by atoms with E-state index < -0.39 is 0 Å². The molecule has 5 heavy (non-hydrogen) atoms. The van der Waals surface area contributed by atoms with E-state index in [0.29, 0.717) is 0 Å². The highest BCUT2D eigenvalue weighted by Crippen LogP contribution is -0.287. The first-order valence-electron chi connectivity index (χ1n) is 0. The Bertz CT molecular complexity index is 6.85. The van der Waals surface area contributed by atoms with E-state index in [4.69, 9.17) is 0 Å². The molecular weight excluding hydrogens is 99.3 g/mol. The minimum Gasteiger partial charge on any atom is -0.412 e. The molecule has 0 aliphatic carbocycles. The van der Waals surface area contributed by atoms with Crippen LogP contribution < -0.4 is 0 Å². The molecule has 6 N–H and O–H groups in total. The third-order valence-corrected chi connectivity index (χ3v) is 0. The van der Waals surface area contributed by atoms with Crippen LogP contribution in [0.1, 0.15) is 0 Å². The molecule has 0 aromatic heterocycles. The molecule has 0 bridgehead atoms. The van der Waals surface area contributed by atoms with Crippen molar-refractivity contribution in [3.63, 3.8) is 0 Å². The summed E-state index contributed by atoms with van der Waals surface area (Å²) in [6.45, 7) is 0. The molecule has 0 aromatic rings. The zero-order chi connectivity index (χ0) is 0. The van der Waals surface area contributed by atoms with Crippen LogP contribution in [0.4, 0.5) is 0 Å².